The predicted octanol–water partition coefficient (Wildman–Crippen LogP) is 4.66. The Kier molecular flexibility index (Phi) is 4.19. The van der Waals surface area contributed by atoms with Crippen LogP contribution in [0.4, 0.5) is 0 Å². The van der Waals surface area contributed by atoms with Crippen molar-refractivity contribution in [2.75, 3.05) is 0 Å². The van der Waals surface area contributed by atoms with Gasteiger partial charge in [0.05, 0.1) is 17.2 Å². The summed E-state index contributed by atoms with van der Waals surface area (Å²) in [7, 11) is 0. The molecule has 0 heterocycles. The number of hydrogen-bond acceptors (Lipinski definition) is 3. The van der Waals surface area contributed by atoms with Gasteiger partial charge in [-0.3, -0.25) is 4.79 Å². The molecule has 0 aliphatic heterocycles. The molecular formula is C21H24N2O. The molecule has 0 saturated heterocycles. The number of carbonyl (C=O) groups excluding carboxylic acids is 1. The molecule has 1 saturated carbocycles. The fourth-order valence-corrected chi connectivity index (χ4v) is 4.78. The second-order valence-electron chi connectivity index (χ2n) is 7.42. The van der Waals surface area contributed by atoms with E-state index in [-0.39, 0.29) is 41.4 Å². The Bertz CT molecular complexity index is 799. The molecule has 3 heteroatoms. The van der Waals surface area contributed by atoms with Gasteiger partial charge in [-0.2, -0.15) is 10.5 Å². The molecule has 0 spiro atoms. The lowest BCUT2D eigenvalue weighted by Gasteiger charge is -2.54. The summed E-state index contributed by atoms with van der Waals surface area (Å²) in [6, 6.07) is 4.30. The smallest absolute Gasteiger partial charge is 0.176 e. The average molecular weight is 320 g/mol. The number of nitrogens with zero attached hydrogens (tertiary/aromatic N) is 2. The molecule has 3 aliphatic rings. The highest BCUT2D eigenvalue weighted by Crippen LogP contribution is 2.61. The molecular weight excluding hydrogens is 296 g/mol. The largest absolute Gasteiger partial charge is 0.293 e. The van der Waals surface area contributed by atoms with Crippen molar-refractivity contribution in [1.29, 1.82) is 10.5 Å². The summed E-state index contributed by atoms with van der Waals surface area (Å²) in [4.78, 5) is 12.4. The van der Waals surface area contributed by atoms with Crippen LogP contribution in [0.3, 0.4) is 0 Å². The number of fused-ring (bicyclic) bond motifs is 3. The van der Waals surface area contributed by atoms with E-state index in [4.69, 9.17) is 0 Å². The van der Waals surface area contributed by atoms with Crippen LogP contribution in [0, 0.1) is 45.3 Å². The number of rotatable bonds is 0. The first-order chi connectivity index (χ1) is 10.8. The van der Waals surface area contributed by atoms with E-state index >= 15 is 0 Å². The summed E-state index contributed by atoms with van der Waals surface area (Å²) >= 11 is 0. The molecule has 0 aromatic carbocycles. The Balaban J connectivity index is 0.00000208. The first kappa shape index (κ1) is 18.0. The number of hydrogen-bond donors (Lipinski definition) is 0. The molecule has 1 fully saturated rings. The summed E-state index contributed by atoms with van der Waals surface area (Å²) in [5.74, 6) is -0.00182. The van der Waals surface area contributed by atoms with Gasteiger partial charge in [0.2, 0.25) is 0 Å². The number of Topliss-reactive ketones (excluding diaryl/α,β-unsaturated/α-hetero) is 1. The van der Waals surface area contributed by atoms with E-state index in [0.29, 0.717) is 5.57 Å². The fraction of sp³-hybridized carbons (Fsp3) is 0.476. The van der Waals surface area contributed by atoms with Crippen LogP contribution in [0.2, 0.25) is 0 Å². The molecule has 0 bridgehead atoms. The van der Waals surface area contributed by atoms with Crippen LogP contribution in [0.5, 0.6) is 0 Å². The number of nitriles is 2. The minimum absolute atomic E-state index is 0. The van der Waals surface area contributed by atoms with E-state index < -0.39 is 0 Å². The maximum absolute atomic E-state index is 12.4. The van der Waals surface area contributed by atoms with Crippen LogP contribution in [0.25, 0.3) is 0 Å². The van der Waals surface area contributed by atoms with Gasteiger partial charge in [0.25, 0.3) is 0 Å². The van der Waals surface area contributed by atoms with Crippen LogP contribution in [0.1, 0.15) is 41.0 Å². The van der Waals surface area contributed by atoms with Gasteiger partial charge in [-0.1, -0.05) is 53.0 Å². The Morgan fingerprint density at radius 3 is 2.42 bits per heavy atom. The Morgan fingerprint density at radius 2 is 1.83 bits per heavy atom. The molecule has 3 nitrogen and oxygen atoms in total. The van der Waals surface area contributed by atoms with Crippen molar-refractivity contribution >= 4 is 5.78 Å². The van der Waals surface area contributed by atoms with Crippen molar-refractivity contribution in [2.45, 2.75) is 41.0 Å². The van der Waals surface area contributed by atoms with Crippen molar-refractivity contribution in [2.24, 2.45) is 22.7 Å². The summed E-state index contributed by atoms with van der Waals surface area (Å²) in [5.41, 5.74) is 2.24. The van der Waals surface area contributed by atoms with Gasteiger partial charge in [0, 0.05) is 16.7 Å². The molecule has 2 unspecified atom stereocenters. The Morgan fingerprint density at radius 1 is 1.21 bits per heavy atom. The highest BCUT2D eigenvalue weighted by molar-refractivity contribution is 6.02. The normalized spacial score (nSPS) is 37.5. The second-order valence-corrected chi connectivity index (χ2v) is 7.42. The van der Waals surface area contributed by atoms with Gasteiger partial charge in [-0.25, -0.2) is 0 Å². The van der Waals surface area contributed by atoms with Crippen LogP contribution in [0.15, 0.2) is 47.1 Å². The highest BCUT2D eigenvalue weighted by atomic mass is 16.1. The third-order valence-electron chi connectivity index (χ3n) is 6.04. The van der Waals surface area contributed by atoms with Crippen LogP contribution >= 0.6 is 0 Å². The van der Waals surface area contributed by atoms with Crippen molar-refractivity contribution in [1.82, 2.24) is 0 Å². The molecule has 0 radical (unpaired) electrons. The number of allylic oxidation sites excluding steroid dienone is 7. The minimum atomic E-state index is -0.341. The van der Waals surface area contributed by atoms with Gasteiger partial charge in [-0.15, -0.1) is 0 Å². The monoisotopic (exact) mass is 320 g/mol. The van der Waals surface area contributed by atoms with Gasteiger partial charge in [-0.05, 0) is 29.9 Å². The fourth-order valence-electron chi connectivity index (χ4n) is 4.78. The van der Waals surface area contributed by atoms with Crippen LogP contribution in [-0.4, -0.2) is 5.78 Å². The van der Waals surface area contributed by atoms with E-state index in [1.807, 2.05) is 25.2 Å². The van der Waals surface area contributed by atoms with E-state index in [1.54, 1.807) is 0 Å². The molecule has 0 aromatic rings. The summed E-state index contributed by atoms with van der Waals surface area (Å²) in [6.07, 6.45) is 7.71. The van der Waals surface area contributed by atoms with Gasteiger partial charge in [0.1, 0.15) is 6.07 Å². The lowest BCUT2D eigenvalue weighted by Crippen LogP contribution is -2.48. The van der Waals surface area contributed by atoms with Crippen LogP contribution < -0.4 is 0 Å². The molecule has 0 N–H and O–H groups in total. The van der Waals surface area contributed by atoms with Gasteiger partial charge < -0.3 is 0 Å². The first-order valence-electron chi connectivity index (χ1n) is 7.99. The van der Waals surface area contributed by atoms with E-state index in [0.717, 1.165) is 18.4 Å². The number of carbonyl (C=O) groups is 1. The van der Waals surface area contributed by atoms with E-state index in [1.165, 1.54) is 5.57 Å². The van der Waals surface area contributed by atoms with Crippen molar-refractivity contribution in [3.8, 4) is 12.1 Å². The Hall–Kier alpha value is -2.39. The molecule has 24 heavy (non-hydrogen) atoms. The SMILES string of the molecule is C.C=C1C=C2[C@](C)(C=C1C#N)CCC1C(C)C(=O)C(C#N)=C[C@]21C. The molecule has 4 atom stereocenters. The summed E-state index contributed by atoms with van der Waals surface area (Å²) < 4.78 is 0. The van der Waals surface area contributed by atoms with Crippen molar-refractivity contribution in [3.05, 3.63) is 47.1 Å². The third-order valence-corrected chi connectivity index (χ3v) is 6.04. The molecule has 3 rings (SSSR count). The minimum Gasteiger partial charge on any atom is -0.293 e. The van der Waals surface area contributed by atoms with E-state index in [2.05, 4.69) is 32.6 Å². The lowest BCUT2D eigenvalue weighted by molar-refractivity contribution is -0.122. The highest BCUT2D eigenvalue weighted by Gasteiger charge is 2.54. The zero-order valence-electron chi connectivity index (χ0n) is 13.8. The van der Waals surface area contributed by atoms with Crippen molar-refractivity contribution in [3.63, 3.8) is 0 Å². The molecule has 124 valence electrons. The lowest BCUT2D eigenvalue weighted by atomic mass is 9.49. The molecule has 3 aliphatic carbocycles. The first-order valence-corrected chi connectivity index (χ1v) is 7.99. The molecule has 0 aromatic heterocycles. The zero-order valence-corrected chi connectivity index (χ0v) is 13.8. The topological polar surface area (TPSA) is 64.7 Å². The summed E-state index contributed by atoms with van der Waals surface area (Å²) in [6.45, 7) is 10.2. The van der Waals surface area contributed by atoms with Crippen LogP contribution in [-0.2, 0) is 4.79 Å². The molecule has 0 amide bonds. The van der Waals surface area contributed by atoms with E-state index in [9.17, 15) is 15.3 Å². The third kappa shape index (κ3) is 2.20. The van der Waals surface area contributed by atoms with Crippen molar-refractivity contribution < 1.29 is 4.79 Å². The predicted molar refractivity (Wildman–Crippen MR) is 94.5 cm³/mol. The quantitative estimate of drug-likeness (QED) is 0.652. The number of ketones is 1. The average Bonchev–Trinajstić information content (AvgIpc) is 2.52. The van der Waals surface area contributed by atoms with Gasteiger partial charge >= 0.3 is 0 Å². The Labute approximate surface area is 144 Å². The second kappa shape index (κ2) is 5.60. The van der Waals surface area contributed by atoms with Gasteiger partial charge in [0.15, 0.2) is 5.78 Å². The standard InChI is InChI=1S/C20H20N2O.CH4/c1-12-7-17-19(3,8-14(12)10-21)6-5-16-13(2)18(23)15(11-22)9-20(16,17)4;/h7-9,13,16H,1,5-6H2,2-4H3;1H4/t13?,16?,19-,20-;/m0./s1. The summed E-state index contributed by atoms with van der Waals surface area (Å²) in [5, 5.41) is 18.7. The maximum Gasteiger partial charge on any atom is 0.176 e. The maximum atomic E-state index is 12.4. The zero-order chi connectivity index (χ0) is 17.0.